The van der Waals surface area contributed by atoms with Crippen LogP contribution in [0.5, 0.6) is 0 Å². The maximum atomic E-state index is 13.4. The average molecular weight is 505 g/mol. The quantitative estimate of drug-likeness (QED) is 0.311. The zero-order valence-corrected chi connectivity index (χ0v) is 19.8. The van der Waals surface area contributed by atoms with Crippen LogP contribution in [0.15, 0.2) is 30.3 Å². The lowest BCUT2D eigenvalue weighted by Crippen LogP contribution is -2.56. The van der Waals surface area contributed by atoms with Crippen molar-refractivity contribution in [3.63, 3.8) is 0 Å². The summed E-state index contributed by atoms with van der Waals surface area (Å²) in [6.45, 7) is -0.403. The standard InChI is InChI=1S/C21H30ClFN4O5S/c22-19(23)21(30)27(12-11-18(24)28)25-20(29)17(13-15-7-3-1-4-8-15)26-33(31,32)14-16-9-5-2-6-10-16/h2,5-6,9-10,15,17,19,26H,1,3-4,7-8,11-14H2,(H2,24,28)(H,25,29)/t17-,19-/m0/s1. The number of amides is 3. The fraction of sp³-hybridized carbons (Fsp3) is 0.571. The Hall–Kier alpha value is -2.24. The van der Waals surface area contributed by atoms with Gasteiger partial charge in [0.15, 0.2) is 0 Å². The molecule has 4 N–H and O–H groups in total. The van der Waals surface area contributed by atoms with E-state index in [2.05, 4.69) is 10.1 Å². The van der Waals surface area contributed by atoms with Gasteiger partial charge in [0.1, 0.15) is 6.04 Å². The molecule has 1 aromatic carbocycles. The summed E-state index contributed by atoms with van der Waals surface area (Å²) in [4.78, 5) is 36.2. The van der Waals surface area contributed by atoms with Crippen LogP contribution in [0.4, 0.5) is 4.39 Å². The number of sulfonamides is 1. The van der Waals surface area contributed by atoms with E-state index >= 15 is 0 Å². The fourth-order valence-electron chi connectivity index (χ4n) is 3.79. The Kier molecular flexibility index (Phi) is 10.5. The minimum atomic E-state index is -3.92. The minimum absolute atomic E-state index is 0.116. The van der Waals surface area contributed by atoms with Gasteiger partial charge in [0.05, 0.1) is 12.3 Å². The zero-order chi connectivity index (χ0) is 24.4. The predicted molar refractivity (Wildman–Crippen MR) is 122 cm³/mol. The lowest BCUT2D eigenvalue weighted by Gasteiger charge is -2.29. The summed E-state index contributed by atoms with van der Waals surface area (Å²) in [6, 6.07) is 7.29. The third-order valence-corrected chi connectivity index (χ3v) is 6.95. The monoisotopic (exact) mass is 504 g/mol. The highest BCUT2D eigenvalue weighted by Gasteiger charge is 2.31. The molecule has 0 aliphatic heterocycles. The Labute approximate surface area is 198 Å². The molecule has 0 radical (unpaired) electrons. The van der Waals surface area contributed by atoms with Crippen molar-refractivity contribution in [2.75, 3.05) is 6.54 Å². The van der Waals surface area contributed by atoms with E-state index < -0.39 is 46.0 Å². The first-order valence-electron chi connectivity index (χ1n) is 10.8. The van der Waals surface area contributed by atoms with E-state index in [1.807, 2.05) is 0 Å². The van der Waals surface area contributed by atoms with Crippen LogP contribution >= 0.6 is 11.6 Å². The van der Waals surface area contributed by atoms with Crippen LogP contribution < -0.4 is 15.9 Å². The van der Waals surface area contributed by atoms with Crippen LogP contribution in [0.1, 0.15) is 50.5 Å². The SMILES string of the molecule is NC(=O)CCN(NC(=O)[C@H](CC1CCCCC1)NS(=O)(=O)Cc1ccccc1)C(=O)[C@H](F)Cl. The van der Waals surface area contributed by atoms with Gasteiger partial charge in [-0.25, -0.2) is 22.5 Å². The maximum Gasteiger partial charge on any atom is 0.291 e. The minimum Gasteiger partial charge on any atom is -0.370 e. The normalized spacial score (nSPS) is 16.5. The molecule has 2 atom stereocenters. The van der Waals surface area contributed by atoms with Crippen LogP contribution in [0.3, 0.4) is 0 Å². The van der Waals surface area contributed by atoms with E-state index in [9.17, 15) is 27.2 Å². The number of primary amides is 1. The average Bonchev–Trinajstić information content (AvgIpc) is 2.76. The third-order valence-electron chi connectivity index (χ3n) is 5.41. The molecular weight excluding hydrogens is 475 g/mol. The summed E-state index contributed by atoms with van der Waals surface area (Å²) in [5.74, 6) is -3.11. The Balaban J connectivity index is 2.18. The lowest BCUT2D eigenvalue weighted by molar-refractivity contribution is -0.144. The maximum absolute atomic E-state index is 13.4. The number of carbonyl (C=O) groups is 3. The van der Waals surface area contributed by atoms with Crippen molar-refractivity contribution < 1.29 is 27.2 Å². The van der Waals surface area contributed by atoms with E-state index in [-0.39, 0.29) is 24.5 Å². The second kappa shape index (κ2) is 12.9. The summed E-state index contributed by atoms with van der Waals surface area (Å²) >= 11 is 5.22. The topological polar surface area (TPSA) is 139 Å². The summed E-state index contributed by atoms with van der Waals surface area (Å²) in [7, 11) is -3.92. The van der Waals surface area contributed by atoms with Gasteiger partial charge in [-0.05, 0) is 17.9 Å². The highest BCUT2D eigenvalue weighted by Crippen LogP contribution is 2.27. The molecule has 1 aliphatic rings. The van der Waals surface area contributed by atoms with E-state index in [1.54, 1.807) is 30.3 Å². The molecule has 0 saturated heterocycles. The second-order valence-electron chi connectivity index (χ2n) is 8.14. The number of hydrazine groups is 1. The van der Waals surface area contributed by atoms with Crippen LogP contribution in [0.25, 0.3) is 0 Å². The molecule has 0 unspecified atom stereocenters. The van der Waals surface area contributed by atoms with Crippen LogP contribution in [0.2, 0.25) is 0 Å². The van der Waals surface area contributed by atoms with Gasteiger partial charge in [-0.1, -0.05) is 74.0 Å². The molecule has 1 saturated carbocycles. The molecule has 1 aromatic rings. The third kappa shape index (κ3) is 9.65. The van der Waals surface area contributed by atoms with Gasteiger partial charge in [-0.15, -0.1) is 0 Å². The number of alkyl halides is 2. The molecule has 1 aliphatic carbocycles. The number of nitrogens with zero attached hydrogens (tertiary/aromatic N) is 1. The predicted octanol–water partition coefficient (Wildman–Crippen LogP) is 1.71. The zero-order valence-electron chi connectivity index (χ0n) is 18.2. The number of halogens is 2. The Morgan fingerprint density at radius 1 is 1.15 bits per heavy atom. The first kappa shape index (κ1) is 27.0. The van der Waals surface area contributed by atoms with Gasteiger partial charge < -0.3 is 5.73 Å². The van der Waals surface area contributed by atoms with E-state index in [1.165, 1.54) is 0 Å². The number of nitrogens with two attached hydrogens (primary N) is 1. The Morgan fingerprint density at radius 2 is 1.79 bits per heavy atom. The first-order valence-corrected chi connectivity index (χ1v) is 12.9. The van der Waals surface area contributed by atoms with Gasteiger partial charge >= 0.3 is 0 Å². The van der Waals surface area contributed by atoms with Gasteiger partial charge in [-0.3, -0.25) is 19.8 Å². The van der Waals surface area contributed by atoms with Crippen molar-refractivity contribution in [1.82, 2.24) is 15.2 Å². The second-order valence-corrected chi connectivity index (χ2v) is 10.3. The van der Waals surface area contributed by atoms with Crippen molar-refractivity contribution in [3.8, 4) is 0 Å². The van der Waals surface area contributed by atoms with Crippen molar-refractivity contribution in [2.24, 2.45) is 11.7 Å². The van der Waals surface area contributed by atoms with Crippen molar-refractivity contribution in [2.45, 2.75) is 62.4 Å². The van der Waals surface area contributed by atoms with Crippen molar-refractivity contribution >= 4 is 39.3 Å². The highest BCUT2D eigenvalue weighted by molar-refractivity contribution is 7.88. The van der Waals surface area contributed by atoms with Crippen LogP contribution in [0, 0.1) is 5.92 Å². The van der Waals surface area contributed by atoms with Gasteiger partial charge in [0.25, 0.3) is 17.4 Å². The number of carbonyl (C=O) groups excluding carboxylic acids is 3. The molecular formula is C21H30ClFN4O5S. The summed E-state index contributed by atoms with van der Waals surface area (Å²) < 4.78 is 41.4. The number of rotatable bonds is 11. The molecule has 12 heteroatoms. The molecule has 0 bridgehead atoms. The number of hydrogen-bond donors (Lipinski definition) is 3. The highest BCUT2D eigenvalue weighted by atomic mass is 35.5. The largest absolute Gasteiger partial charge is 0.370 e. The van der Waals surface area contributed by atoms with Gasteiger partial charge in [0, 0.05) is 6.42 Å². The smallest absolute Gasteiger partial charge is 0.291 e. The molecule has 0 heterocycles. The van der Waals surface area contributed by atoms with E-state index in [4.69, 9.17) is 17.3 Å². The molecule has 33 heavy (non-hydrogen) atoms. The number of hydrogen-bond acceptors (Lipinski definition) is 5. The first-order chi connectivity index (χ1) is 15.6. The summed E-state index contributed by atoms with van der Waals surface area (Å²) in [5.41, 5.74) is 5.39. The summed E-state index contributed by atoms with van der Waals surface area (Å²) in [6.07, 6.45) is 4.62. The molecule has 0 aromatic heterocycles. The van der Waals surface area contributed by atoms with Gasteiger partial charge in [0.2, 0.25) is 15.9 Å². The molecule has 9 nitrogen and oxygen atoms in total. The molecule has 1 fully saturated rings. The Morgan fingerprint density at radius 3 is 2.36 bits per heavy atom. The molecule has 184 valence electrons. The lowest BCUT2D eigenvalue weighted by atomic mass is 9.85. The molecule has 0 spiro atoms. The fourth-order valence-corrected chi connectivity index (χ4v) is 5.26. The summed E-state index contributed by atoms with van der Waals surface area (Å²) in [5, 5.41) is 0.560. The Bertz CT molecular complexity index is 910. The number of nitrogens with one attached hydrogen (secondary N) is 2. The van der Waals surface area contributed by atoms with Gasteiger partial charge in [-0.2, -0.15) is 0 Å². The van der Waals surface area contributed by atoms with E-state index in [0.717, 1.165) is 32.1 Å². The van der Waals surface area contributed by atoms with E-state index in [0.29, 0.717) is 10.6 Å². The van der Waals surface area contributed by atoms with Crippen molar-refractivity contribution in [1.29, 1.82) is 0 Å². The molecule has 3 amide bonds. The van der Waals surface area contributed by atoms with Crippen LogP contribution in [-0.4, -0.2) is 49.4 Å². The number of benzene rings is 1. The molecule has 2 rings (SSSR count). The van der Waals surface area contributed by atoms with Crippen LogP contribution in [-0.2, 0) is 30.2 Å². The van der Waals surface area contributed by atoms with Crippen molar-refractivity contribution in [3.05, 3.63) is 35.9 Å².